The third-order valence-electron chi connectivity index (χ3n) is 4.86. The number of aliphatic imine (C=N–C) groups is 1. The van der Waals surface area contributed by atoms with E-state index in [-0.39, 0.29) is 0 Å². The lowest BCUT2D eigenvalue weighted by Gasteiger charge is -2.24. The van der Waals surface area contributed by atoms with E-state index in [0.717, 1.165) is 28.3 Å². The maximum Gasteiger partial charge on any atom is 0.201 e. The van der Waals surface area contributed by atoms with Gasteiger partial charge in [-0.3, -0.25) is 0 Å². The van der Waals surface area contributed by atoms with E-state index in [0.29, 0.717) is 19.1 Å². The van der Waals surface area contributed by atoms with Gasteiger partial charge in [0.25, 0.3) is 0 Å². The minimum Gasteiger partial charge on any atom is -0.489 e. The molecule has 2 N–H and O–H groups in total. The van der Waals surface area contributed by atoms with Gasteiger partial charge < -0.3 is 15.4 Å². The molecule has 4 nitrogen and oxygen atoms in total. The minimum atomic E-state index is 0.438. The van der Waals surface area contributed by atoms with Gasteiger partial charge in [-0.15, -0.1) is 0 Å². The van der Waals surface area contributed by atoms with Crippen LogP contribution < -0.4 is 15.4 Å². The third kappa shape index (κ3) is 5.73. The summed E-state index contributed by atoms with van der Waals surface area (Å²) < 4.78 is 5.86. The monoisotopic (exact) mass is 407 g/mol. The topological polar surface area (TPSA) is 50.9 Å². The largest absolute Gasteiger partial charge is 0.489 e. The van der Waals surface area contributed by atoms with Crippen molar-refractivity contribution in [2.75, 3.05) is 4.90 Å². The van der Waals surface area contributed by atoms with Crippen molar-refractivity contribution in [3.63, 3.8) is 0 Å². The zero-order chi connectivity index (χ0) is 21.3. The lowest BCUT2D eigenvalue weighted by molar-refractivity contribution is 0.306. The first-order chi connectivity index (χ1) is 15.3. The number of hydrogen-bond acceptors (Lipinski definition) is 2. The standard InChI is InChI=1S/C27H25N3O/c28-27(30(25-14-8-3-9-15-25)20-22-10-4-1-5-11-22)29-24-16-18-26(19-17-24)31-21-23-12-6-2-7-13-23/h1-19H,20-21H2,(H2,28,29). The molecule has 31 heavy (non-hydrogen) atoms. The lowest BCUT2D eigenvalue weighted by atomic mass is 10.2. The van der Waals surface area contributed by atoms with Crippen LogP contribution in [0, 0.1) is 0 Å². The smallest absolute Gasteiger partial charge is 0.201 e. The van der Waals surface area contributed by atoms with E-state index in [4.69, 9.17) is 10.5 Å². The molecule has 154 valence electrons. The van der Waals surface area contributed by atoms with E-state index < -0.39 is 0 Å². The van der Waals surface area contributed by atoms with Gasteiger partial charge in [0.1, 0.15) is 12.4 Å². The molecule has 4 aromatic carbocycles. The Hall–Kier alpha value is -4.05. The molecular weight excluding hydrogens is 382 g/mol. The highest BCUT2D eigenvalue weighted by molar-refractivity contribution is 5.96. The van der Waals surface area contributed by atoms with Crippen LogP contribution in [0.3, 0.4) is 0 Å². The van der Waals surface area contributed by atoms with Crippen LogP contribution in [-0.4, -0.2) is 5.96 Å². The molecule has 0 fully saturated rings. The number of nitrogens with zero attached hydrogens (tertiary/aromatic N) is 2. The highest BCUT2D eigenvalue weighted by Crippen LogP contribution is 2.22. The summed E-state index contributed by atoms with van der Waals surface area (Å²) in [4.78, 5) is 6.67. The molecular formula is C27H25N3O. The van der Waals surface area contributed by atoms with Crippen LogP contribution in [0.2, 0.25) is 0 Å². The van der Waals surface area contributed by atoms with Crippen LogP contribution in [-0.2, 0) is 13.2 Å². The molecule has 0 heterocycles. The molecule has 0 saturated carbocycles. The van der Waals surface area contributed by atoms with E-state index in [1.54, 1.807) is 0 Å². The molecule has 0 aliphatic heterocycles. The molecule has 0 aliphatic carbocycles. The predicted molar refractivity (Wildman–Crippen MR) is 128 cm³/mol. The van der Waals surface area contributed by atoms with Crippen molar-refractivity contribution in [1.82, 2.24) is 0 Å². The predicted octanol–water partition coefficient (Wildman–Crippen LogP) is 5.92. The first-order valence-corrected chi connectivity index (χ1v) is 10.3. The first kappa shape index (κ1) is 20.2. The van der Waals surface area contributed by atoms with Crippen molar-refractivity contribution in [2.45, 2.75) is 13.2 Å². The van der Waals surface area contributed by atoms with Gasteiger partial charge in [0.2, 0.25) is 5.96 Å². The zero-order valence-electron chi connectivity index (χ0n) is 17.3. The minimum absolute atomic E-state index is 0.438. The molecule has 0 radical (unpaired) electrons. The summed E-state index contributed by atoms with van der Waals surface area (Å²) in [5.41, 5.74) is 10.5. The fourth-order valence-corrected chi connectivity index (χ4v) is 3.23. The van der Waals surface area contributed by atoms with Crippen LogP contribution in [0.25, 0.3) is 0 Å². The van der Waals surface area contributed by atoms with E-state index in [1.165, 1.54) is 0 Å². The van der Waals surface area contributed by atoms with Crippen LogP contribution in [0.15, 0.2) is 120 Å². The second kappa shape index (κ2) is 10.1. The second-order valence-corrected chi connectivity index (χ2v) is 7.15. The fourth-order valence-electron chi connectivity index (χ4n) is 3.23. The number of para-hydroxylation sites is 1. The van der Waals surface area contributed by atoms with E-state index in [9.17, 15) is 0 Å². The number of benzene rings is 4. The number of guanidine groups is 1. The van der Waals surface area contributed by atoms with Gasteiger partial charge in [0, 0.05) is 5.69 Å². The summed E-state index contributed by atoms with van der Waals surface area (Å²) in [5.74, 6) is 1.23. The Balaban J connectivity index is 1.49. The van der Waals surface area contributed by atoms with E-state index in [1.807, 2.05) is 108 Å². The Labute approximate surface area is 183 Å². The highest BCUT2D eigenvalue weighted by atomic mass is 16.5. The summed E-state index contributed by atoms with van der Waals surface area (Å²) in [6.45, 7) is 1.17. The fraction of sp³-hybridized carbons (Fsp3) is 0.0741. The highest BCUT2D eigenvalue weighted by Gasteiger charge is 2.11. The average molecular weight is 408 g/mol. The van der Waals surface area contributed by atoms with Crippen LogP contribution >= 0.6 is 0 Å². The molecule has 0 amide bonds. The molecule has 0 aromatic heterocycles. The summed E-state index contributed by atoms with van der Waals surface area (Å²) in [7, 11) is 0. The third-order valence-corrected chi connectivity index (χ3v) is 4.86. The van der Waals surface area contributed by atoms with E-state index in [2.05, 4.69) is 17.1 Å². The van der Waals surface area contributed by atoms with Gasteiger partial charge in [-0.25, -0.2) is 4.99 Å². The summed E-state index contributed by atoms with van der Waals surface area (Å²) >= 11 is 0. The van der Waals surface area contributed by atoms with Gasteiger partial charge in [-0.05, 0) is 47.5 Å². The molecule has 0 spiro atoms. The molecule has 4 rings (SSSR count). The number of nitrogens with two attached hydrogens (primary N) is 1. The molecule has 4 heteroatoms. The Morgan fingerprint density at radius 1 is 0.677 bits per heavy atom. The number of rotatable bonds is 7. The average Bonchev–Trinajstić information content (AvgIpc) is 2.84. The van der Waals surface area contributed by atoms with Crippen molar-refractivity contribution in [1.29, 1.82) is 0 Å². The second-order valence-electron chi connectivity index (χ2n) is 7.15. The van der Waals surface area contributed by atoms with Crippen LogP contribution in [0.4, 0.5) is 11.4 Å². The normalized spacial score (nSPS) is 11.2. The van der Waals surface area contributed by atoms with Crippen molar-refractivity contribution >= 4 is 17.3 Å². The number of hydrogen-bond donors (Lipinski definition) is 1. The van der Waals surface area contributed by atoms with Crippen LogP contribution in [0.1, 0.15) is 11.1 Å². The summed E-state index contributed by atoms with van der Waals surface area (Å²) in [6.07, 6.45) is 0. The van der Waals surface area contributed by atoms with Gasteiger partial charge in [0.05, 0.1) is 12.2 Å². The van der Waals surface area contributed by atoms with Crippen molar-refractivity contribution in [3.8, 4) is 5.75 Å². The first-order valence-electron chi connectivity index (χ1n) is 10.3. The van der Waals surface area contributed by atoms with Crippen molar-refractivity contribution in [2.24, 2.45) is 10.7 Å². The maximum atomic E-state index is 6.45. The van der Waals surface area contributed by atoms with Crippen molar-refractivity contribution in [3.05, 3.63) is 126 Å². The number of anilines is 1. The Morgan fingerprint density at radius 2 is 1.23 bits per heavy atom. The van der Waals surface area contributed by atoms with Gasteiger partial charge in [0.15, 0.2) is 0 Å². The van der Waals surface area contributed by atoms with Crippen LogP contribution in [0.5, 0.6) is 5.75 Å². The molecule has 0 saturated heterocycles. The Bertz CT molecular complexity index is 1100. The summed E-state index contributed by atoms with van der Waals surface area (Å²) in [5, 5.41) is 0. The molecule has 0 atom stereocenters. The quantitative estimate of drug-likeness (QED) is 0.306. The molecule has 0 bridgehead atoms. The lowest BCUT2D eigenvalue weighted by Crippen LogP contribution is -2.36. The Morgan fingerprint density at radius 3 is 1.84 bits per heavy atom. The zero-order valence-corrected chi connectivity index (χ0v) is 17.3. The van der Waals surface area contributed by atoms with Crippen molar-refractivity contribution < 1.29 is 4.74 Å². The van der Waals surface area contributed by atoms with Gasteiger partial charge in [-0.2, -0.15) is 0 Å². The number of ether oxygens (including phenoxy) is 1. The van der Waals surface area contributed by atoms with Gasteiger partial charge >= 0.3 is 0 Å². The maximum absolute atomic E-state index is 6.45. The molecule has 4 aromatic rings. The van der Waals surface area contributed by atoms with Gasteiger partial charge in [-0.1, -0.05) is 78.9 Å². The van der Waals surface area contributed by atoms with E-state index >= 15 is 0 Å². The summed E-state index contributed by atoms with van der Waals surface area (Å²) in [6, 6.07) is 38.1. The molecule has 0 aliphatic rings. The Kier molecular flexibility index (Phi) is 6.61. The SMILES string of the molecule is NC(=Nc1ccc(OCc2ccccc2)cc1)N(Cc1ccccc1)c1ccccc1. The molecule has 0 unspecified atom stereocenters.